The van der Waals surface area contributed by atoms with Gasteiger partial charge in [-0.3, -0.25) is 0 Å². The number of rotatable bonds is 3. The lowest BCUT2D eigenvalue weighted by Gasteiger charge is -2.28. The van der Waals surface area contributed by atoms with Gasteiger partial charge in [-0.05, 0) is 70.8 Å². The van der Waals surface area contributed by atoms with Gasteiger partial charge in [0.05, 0.1) is 38.8 Å². The van der Waals surface area contributed by atoms with Crippen LogP contribution in [0.3, 0.4) is 0 Å². The largest absolute Gasteiger partial charge is 0.456 e. The first-order chi connectivity index (χ1) is 26.8. The molecule has 4 heteroatoms. The minimum Gasteiger partial charge on any atom is -0.456 e. The van der Waals surface area contributed by atoms with Crippen LogP contribution in [0.15, 0.2) is 180 Å². The predicted octanol–water partition coefficient (Wildman–Crippen LogP) is 13.9. The normalized spacial score (nSPS) is 12.4. The van der Waals surface area contributed by atoms with Crippen LogP contribution in [0.2, 0.25) is 0 Å². The average Bonchev–Trinajstić information content (AvgIpc) is 3.89. The zero-order chi connectivity index (χ0) is 35.1. The summed E-state index contributed by atoms with van der Waals surface area (Å²) >= 11 is 0. The molecule has 0 spiro atoms. The smallest absolute Gasteiger partial charge is 0.137 e. The Kier molecular flexibility index (Phi) is 5.34. The molecule has 0 aliphatic carbocycles. The minimum atomic E-state index is 0.870. The Balaban J connectivity index is 1.19. The zero-order valence-corrected chi connectivity index (χ0v) is 29.0. The van der Waals surface area contributed by atoms with E-state index in [9.17, 15) is 0 Å². The summed E-state index contributed by atoms with van der Waals surface area (Å²) in [5.74, 6) is 0. The Labute approximate surface area is 308 Å². The van der Waals surface area contributed by atoms with Crippen LogP contribution in [0.25, 0.3) is 98.1 Å². The number of furan rings is 1. The highest BCUT2D eigenvalue weighted by Crippen LogP contribution is 2.46. The number of nitrogens with zero attached hydrogens (tertiary/aromatic N) is 3. The molecule has 0 aliphatic rings. The van der Waals surface area contributed by atoms with Crippen LogP contribution in [0.1, 0.15) is 0 Å². The SMILES string of the molecule is c1ccc2c(c1)cc(N(c1ccc3c(c1)oc1ccccc13)c1ccc3c(c1)n1c4ccccc4c4ccc5c6ccccc6n3c5c41)c1ccccc12. The molecule has 0 atom stereocenters. The standard InChI is InChI=1S/C50H29N3O/c1-2-12-33-30(11-1)27-45(35-14-4-3-13-34(33)35)51(32-21-23-39-38-17-7-10-20-47(38)54-48(39)29-32)31-22-26-44-46(28-31)53-43-19-9-6-16-37(43)41-25-24-40-36-15-5-8-18-42(36)52(44)49(40)50(41)53/h1-29H. The van der Waals surface area contributed by atoms with E-state index >= 15 is 0 Å². The number of aromatic nitrogens is 2. The van der Waals surface area contributed by atoms with Crippen molar-refractivity contribution in [2.45, 2.75) is 0 Å². The first-order valence-electron chi connectivity index (χ1n) is 18.5. The van der Waals surface area contributed by atoms with E-state index in [-0.39, 0.29) is 0 Å². The van der Waals surface area contributed by atoms with Crippen molar-refractivity contribution in [2.75, 3.05) is 4.90 Å². The highest BCUT2D eigenvalue weighted by Gasteiger charge is 2.24. The van der Waals surface area contributed by atoms with Crippen molar-refractivity contribution in [3.8, 4) is 0 Å². The summed E-state index contributed by atoms with van der Waals surface area (Å²) in [5.41, 5.74) is 12.3. The summed E-state index contributed by atoms with van der Waals surface area (Å²) in [6.07, 6.45) is 0. The summed E-state index contributed by atoms with van der Waals surface area (Å²) < 4.78 is 11.5. The van der Waals surface area contributed by atoms with E-state index in [1.807, 2.05) is 6.07 Å². The van der Waals surface area contributed by atoms with E-state index in [1.165, 1.54) is 70.7 Å². The zero-order valence-electron chi connectivity index (χ0n) is 29.0. The summed E-state index contributed by atoms with van der Waals surface area (Å²) in [5, 5.41) is 12.2. The molecule has 4 heterocycles. The van der Waals surface area contributed by atoms with Crippen LogP contribution in [0.4, 0.5) is 17.1 Å². The number of fused-ring (bicyclic) bond motifs is 15. The fourth-order valence-electron chi connectivity index (χ4n) is 9.52. The number of hydrogen-bond acceptors (Lipinski definition) is 2. The van der Waals surface area contributed by atoms with Crippen molar-refractivity contribution in [1.82, 2.24) is 8.80 Å². The van der Waals surface area contributed by atoms with Crippen LogP contribution in [0.5, 0.6) is 0 Å². The van der Waals surface area contributed by atoms with Crippen molar-refractivity contribution >= 4 is 115 Å². The molecule has 0 saturated heterocycles. The third kappa shape index (κ3) is 3.57. The molecule has 0 aliphatic heterocycles. The summed E-state index contributed by atoms with van der Waals surface area (Å²) in [4.78, 5) is 2.43. The van der Waals surface area contributed by atoms with Gasteiger partial charge in [0.25, 0.3) is 0 Å². The molecule has 54 heavy (non-hydrogen) atoms. The number of benzene rings is 9. The Morgan fingerprint density at radius 3 is 1.63 bits per heavy atom. The summed E-state index contributed by atoms with van der Waals surface area (Å²) in [6, 6.07) is 64.1. The van der Waals surface area contributed by atoms with Crippen molar-refractivity contribution in [2.24, 2.45) is 0 Å². The highest BCUT2D eigenvalue weighted by molar-refractivity contribution is 6.25. The summed E-state index contributed by atoms with van der Waals surface area (Å²) in [6.45, 7) is 0. The van der Waals surface area contributed by atoms with Gasteiger partial charge in [0.1, 0.15) is 11.2 Å². The maximum absolute atomic E-state index is 6.51. The molecular formula is C50H29N3O. The third-order valence-electron chi connectivity index (χ3n) is 11.8. The maximum Gasteiger partial charge on any atom is 0.137 e. The second kappa shape index (κ2) is 10.2. The molecule has 0 N–H and O–H groups in total. The average molecular weight is 688 g/mol. The van der Waals surface area contributed by atoms with Gasteiger partial charge in [0, 0.05) is 55.1 Å². The van der Waals surface area contributed by atoms with Crippen LogP contribution < -0.4 is 4.90 Å². The lowest BCUT2D eigenvalue weighted by molar-refractivity contribution is 0.669. The number of anilines is 3. The van der Waals surface area contributed by atoms with E-state index in [1.54, 1.807) is 0 Å². The van der Waals surface area contributed by atoms with Gasteiger partial charge >= 0.3 is 0 Å². The van der Waals surface area contributed by atoms with Crippen molar-refractivity contribution < 1.29 is 4.42 Å². The second-order valence-electron chi connectivity index (χ2n) is 14.5. The predicted molar refractivity (Wildman–Crippen MR) is 227 cm³/mol. The fourth-order valence-corrected chi connectivity index (χ4v) is 9.52. The van der Waals surface area contributed by atoms with Gasteiger partial charge < -0.3 is 18.1 Å². The van der Waals surface area contributed by atoms with E-state index in [0.717, 1.165) is 44.5 Å². The van der Waals surface area contributed by atoms with Gasteiger partial charge in [0.2, 0.25) is 0 Å². The Bertz CT molecular complexity index is 3690. The molecule has 0 amide bonds. The quantitative estimate of drug-likeness (QED) is 0.136. The molecule has 13 aromatic rings. The van der Waals surface area contributed by atoms with Crippen LogP contribution in [0, 0.1) is 0 Å². The summed E-state index contributed by atoms with van der Waals surface area (Å²) in [7, 11) is 0. The first-order valence-corrected chi connectivity index (χ1v) is 18.5. The Morgan fingerprint density at radius 1 is 0.333 bits per heavy atom. The number of para-hydroxylation sites is 3. The molecule has 4 nitrogen and oxygen atoms in total. The van der Waals surface area contributed by atoms with Crippen molar-refractivity contribution in [3.05, 3.63) is 176 Å². The Morgan fingerprint density at radius 2 is 0.870 bits per heavy atom. The third-order valence-corrected chi connectivity index (χ3v) is 11.8. The van der Waals surface area contributed by atoms with E-state index in [0.29, 0.717) is 0 Å². The number of hydrogen-bond donors (Lipinski definition) is 0. The van der Waals surface area contributed by atoms with E-state index in [2.05, 4.69) is 184 Å². The monoisotopic (exact) mass is 687 g/mol. The molecule has 13 rings (SSSR count). The van der Waals surface area contributed by atoms with Crippen molar-refractivity contribution in [3.63, 3.8) is 0 Å². The molecule has 0 fully saturated rings. The van der Waals surface area contributed by atoms with Gasteiger partial charge in [0.15, 0.2) is 0 Å². The van der Waals surface area contributed by atoms with Crippen LogP contribution >= 0.6 is 0 Å². The van der Waals surface area contributed by atoms with Gasteiger partial charge in [-0.15, -0.1) is 0 Å². The molecular weight excluding hydrogens is 659 g/mol. The molecule has 9 aromatic carbocycles. The van der Waals surface area contributed by atoms with Gasteiger partial charge in [-0.2, -0.15) is 0 Å². The van der Waals surface area contributed by atoms with Crippen molar-refractivity contribution in [1.29, 1.82) is 0 Å². The molecule has 0 unspecified atom stereocenters. The van der Waals surface area contributed by atoms with Gasteiger partial charge in [-0.25, -0.2) is 0 Å². The highest BCUT2D eigenvalue weighted by atomic mass is 16.3. The van der Waals surface area contributed by atoms with E-state index in [4.69, 9.17) is 4.42 Å². The Hall–Kier alpha value is -7.30. The molecule has 250 valence electrons. The molecule has 0 bridgehead atoms. The topological polar surface area (TPSA) is 25.2 Å². The lowest BCUT2D eigenvalue weighted by atomic mass is 9.99. The molecule has 0 radical (unpaired) electrons. The van der Waals surface area contributed by atoms with Crippen LogP contribution in [-0.4, -0.2) is 8.80 Å². The van der Waals surface area contributed by atoms with E-state index < -0.39 is 0 Å². The molecule has 0 saturated carbocycles. The van der Waals surface area contributed by atoms with Gasteiger partial charge in [-0.1, -0.05) is 115 Å². The first kappa shape index (κ1) is 28.3. The second-order valence-corrected chi connectivity index (χ2v) is 14.5. The lowest BCUT2D eigenvalue weighted by Crippen LogP contribution is -2.11. The molecule has 4 aromatic heterocycles. The minimum absolute atomic E-state index is 0.870. The van der Waals surface area contributed by atoms with Crippen LogP contribution in [-0.2, 0) is 0 Å². The maximum atomic E-state index is 6.51. The fraction of sp³-hybridized carbons (Fsp3) is 0.